The van der Waals surface area contributed by atoms with Gasteiger partial charge in [-0.2, -0.15) is 0 Å². The Kier molecular flexibility index (Phi) is 6.26. The normalized spacial score (nSPS) is 29.0. The van der Waals surface area contributed by atoms with Gasteiger partial charge in [0.05, 0.1) is 0 Å². The Morgan fingerprint density at radius 3 is 2.75 bits per heavy atom. The molecule has 1 fully saturated rings. The summed E-state index contributed by atoms with van der Waals surface area (Å²) in [6.45, 7) is 4.50. The SMILES string of the molecule is CCCc1ccc2c(c1CC)CC[C@@H]1[C@@H]2CCC(SC(=S)Cl)[C@H]1F. The lowest BCUT2D eigenvalue weighted by Gasteiger charge is -2.43. The summed E-state index contributed by atoms with van der Waals surface area (Å²) < 4.78 is 15.4. The summed E-state index contributed by atoms with van der Waals surface area (Å²) in [4.78, 5) is 0. The van der Waals surface area contributed by atoms with E-state index in [4.69, 9.17) is 23.8 Å². The fourth-order valence-electron chi connectivity index (χ4n) is 4.86. The lowest BCUT2D eigenvalue weighted by molar-refractivity contribution is 0.135. The first-order valence-electron chi connectivity index (χ1n) is 9.20. The minimum absolute atomic E-state index is 0.0530. The Balaban J connectivity index is 1.89. The third-order valence-electron chi connectivity index (χ3n) is 5.85. The molecule has 132 valence electrons. The van der Waals surface area contributed by atoms with Crippen LogP contribution in [0, 0.1) is 5.92 Å². The minimum Gasteiger partial charge on any atom is -0.246 e. The Hall–Kier alpha value is -0.120. The van der Waals surface area contributed by atoms with Gasteiger partial charge in [-0.1, -0.05) is 68.0 Å². The number of hydrogen-bond donors (Lipinski definition) is 0. The number of hydrogen-bond acceptors (Lipinski definition) is 2. The lowest BCUT2D eigenvalue weighted by Crippen LogP contribution is -2.40. The van der Waals surface area contributed by atoms with E-state index in [0.29, 0.717) is 9.57 Å². The third kappa shape index (κ3) is 3.54. The smallest absolute Gasteiger partial charge is 0.137 e. The number of aryl methyl sites for hydroxylation is 1. The van der Waals surface area contributed by atoms with E-state index in [1.807, 2.05) is 0 Å². The molecule has 3 rings (SSSR count). The number of thioether (sulfide) groups is 1. The van der Waals surface area contributed by atoms with Crippen molar-refractivity contribution >= 4 is 39.2 Å². The summed E-state index contributed by atoms with van der Waals surface area (Å²) in [5.41, 5.74) is 6.02. The van der Waals surface area contributed by atoms with E-state index in [1.54, 1.807) is 5.56 Å². The molecule has 1 unspecified atom stereocenters. The highest BCUT2D eigenvalue weighted by molar-refractivity contribution is 8.26. The lowest BCUT2D eigenvalue weighted by atomic mass is 9.66. The molecule has 1 aromatic carbocycles. The van der Waals surface area contributed by atoms with Gasteiger partial charge in [0, 0.05) is 5.25 Å². The molecule has 24 heavy (non-hydrogen) atoms. The van der Waals surface area contributed by atoms with E-state index in [1.165, 1.54) is 34.9 Å². The number of benzene rings is 1. The molecule has 2 aliphatic rings. The van der Waals surface area contributed by atoms with E-state index >= 15 is 4.39 Å². The molecule has 1 aromatic rings. The highest BCUT2D eigenvalue weighted by Gasteiger charge is 2.43. The maximum atomic E-state index is 15.1. The summed E-state index contributed by atoms with van der Waals surface area (Å²) in [5, 5.41) is -0.0530. The van der Waals surface area contributed by atoms with E-state index in [0.717, 1.165) is 38.5 Å². The van der Waals surface area contributed by atoms with Crippen LogP contribution < -0.4 is 0 Å². The summed E-state index contributed by atoms with van der Waals surface area (Å²) in [6, 6.07) is 4.62. The van der Waals surface area contributed by atoms with Crippen molar-refractivity contribution in [2.45, 2.75) is 76.1 Å². The number of thiocarbonyl (C=S) groups is 1. The van der Waals surface area contributed by atoms with Gasteiger partial charge in [0.1, 0.15) is 9.83 Å². The van der Waals surface area contributed by atoms with Crippen LogP contribution in [0.5, 0.6) is 0 Å². The third-order valence-corrected chi connectivity index (χ3v) is 7.39. The van der Waals surface area contributed by atoms with Crippen molar-refractivity contribution in [3.63, 3.8) is 0 Å². The maximum absolute atomic E-state index is 15.1. The molecule has 0 aromatic heterocycles. The Bertz CT molecular complexity index is 616. The molecule has 4 heteroatoms. The summed E-state index contributed by atoms with van der Waals surface area (Å²) >= 11 is 12.2. The monoisotopic (exact) mass is 384 g/mol. The van der Waals surface area contributed by atoms with Crippen LogP contribution >= 0.6 is 35.6 Å². The molecule has 0 bridgehead atoms. The maximum Gasteiger partial charge on any atom is 0.137 e. The van der Waals surface area contributed by atoms with Gasteiger partial charge in [-0.25, -0.2) is 4.39 Å². The largest absolute Gasteiger partial charge is 0.246 e. The first-order chi connectivity index (χ1) is 11.6. The number of alkyl halides is 1. The van der Waals surface area contributed by atoms with Crippen LogP contribution in [0.1, 0.15) is 67.7 Å². The first kappa shape index (κ1) is 18.7. The van der Waals surface area contributed by atoms with Gasteiger partial charge in [-0.05, 0) is 72.6 Å². The predicted octanol–water partition coefficient (Wildman–Crippen LogP) is 6.60. The van der Waals surface area contributed by atoms with Crippen molar-refractivity contribution < 1.29 is 4.39 Å². The molecular formula is C20H26ClFS2. The molecule has 0 amide bonds. The van der Waals surface area contributed by atoms with Gasteiger partial charge >= 0.3 is 0 Å². The van der Waals surface area contributed by atoms with Gasteiger partial charge in [0.25, 0.3) is 0 Å². The van der Waals surface area contributed by atoms with Gasteiger partial charge < -0.3 is 0 Å². The van der Waals surface area contributed by atoms with Crippen molar-refractivity contribution in [2.24, 2.45) is 5.92 Å². The molecule has 0 spiro atoms. The average Bonchev–Trinajstić information content (AvgIpc) is 2.56. The Morgan fingerprint density at radius 2 is 2.08 bits per heavy atom. The second-order valence-electron chi connectivity index (χ2n) is 7.10. The van der Waals surface area contributed by atoms with Crippen molar-refractivity contribution in [3.8, 4) is 0 Å². The number of fused-ring (bicyclic) bond motifs is 3. The second-order valence-corrected chi connectivity index (χ2v) is 9.84. The second kappa shape index (κ2) is 8.05. The quantitative estimate of drug-likeness (QED) is 0.423. The Morgan fingerprint density at radius 1 is 1.29 bits per heavy atom. The fraction of sp³-hybridized carbons (Fsp3) is 0.650. The van der Waals surface area contributed by atoms with E-state index < -0.39 is 6.17 Å². The zero-order chi connectivity index (χ0) is 17.3. The summed E-state index contributed by atoms with van der Waals surface area (Å²) in [5.74, 6) is 0.516. The van der Waals surface area contributed by atoms with Crippen LogP contribution in [0.4, 0.5) is 4.39 Å². The number of halogens is 2. The first-order valence-corrected chi connectivity index (χ1v) is 10.9. The van der Waals surface area contributed by atoms with Crippen LogP contribution in [0.15, 0.2) is 12.1 Å². The van der Waals surface area contributed by atoms with Gasteiger partial charge in [0.15, 0.2) is 0 Å². The summed E-state index contributed by atoms with van der Waals surface area (Å²) in [7, 11) is 0. The van der Waals surface area contributed by atoms with Gasteiger partial charge in [-0.3, -0.25) is 0 Å². The minimum atomic E-state index is -0.793. The average molecular weight is 385 g/mol. The molecule has 0 N–H and O–H groups in total. The zero-order valence-electron chi connectivity index (χ0n) is 14.5. The molecule has 0 heterocycles. The van der Waals surface area contributed by atoms with E-state index in [9.17, 15) is 0 Å². The molecule has 0 aliphatic heterocycles. The van der Waals surface area contributed by atoms with Crippen molar-refractivity contribution in [1.29, 1.82) is 0 Å². The molecular weight excluding hydrogens is 359 g/mol. The molecule has 2 aliphatic carbocycles. The Labute approximate surface area is 159 Å². The topological polar surface area (TPSA) is 0 Å². The highest BCUT2D eigenvalue weighted by atomic mass is 35.5. The molecule has 0 nitrogen and oxygen atoms in total. The van der Waals surface area contributed by atoms with Crippen molar-refractivity contribution in [2.75, 3.05) is 0 Å². The molecule has 0 saturated heterocycles. The van der Waals surface area contributed by atoms with E-state index in [2.05, 4.69) is 26.0 Å². The molecule has 0 radical (unpaired) electrons. The van der Waals surface area contributed by atoms with Crippen LogP contribution in [0.25, 0.3) is 0 Å². The van der Waals surface area contributed by atoms with Crippen LogP contribution in [0.3, 0.4) is 0 Å². The predicted molar refractivity (Wildman–Crippen MR) is 108 cm³/mol. The van der Waals surface area contributed by atoms with Gasteiger partial charge in [0.2, 0.25) is 0 Å². The van der Waals surface area contributed by atoms with Crippen molar-refractivity contribution in [1.82, 2.24) is 0 Å². The van der Waals surface area contributed by atoms with E-state index in [-0.39, 0.29) is 11.2 Å². The van der Waals surface area contributed by atoms with Gasteiger partial charge in [-0.15, -0.1) is 0 Å². The fourth-order valence-corrected chi connectivity index (χ4v) is 6.40. The van der Waals surface area contributed by atoms with Crippen LogP contribution in [-0.2, 0) is 19.3 Å². The molecule has 1 saturated carbocycles. The molecule has 4 atom stereocenters. The standard InChI is InChI=1S/C20H26ClFS2/c1-3-5-12-6-7-15-14(13(12)4-2)8-9-17-16(15)10-11-18(19(17)22)24-20(21)23/h6-7,16-19H,3-5,8-11H2,1-2H3/t16-,17-,18?,19+/m1/s1. The summed E-state index contributed by atoms with van der Waals surface area (Å²) in [6.07, 6.45) is 6.56. The number of rotatable bonds is 4. The van der Waals surface area contributed by atoms with Crippen LogP contribution in [0.2, 0.25) is 0 Å². The highest BCUT2D eigenvalue weighted by Crippen LogP contribution is 2.50. The van der Waals surface area contributed by atoms with Crippen LogP contribution in [-0.4, -0.2) is 15.1 Å². The zero-order valence-corrected chi connectivity index (χ0v) is 16.9. The van der Waals surface area contributed by atoms with Crippen molar-refractivity contribution in [3.05, 3.63) is 34.4 Å².